The quantitative estimate of drug-likeness (QED) is 0.822. The second-order valence-electron chi connectivity index (χ2n) is 5.16. The Balaban J connectivity index is 2.38. The summed E-state index contributed by atoms with van der Waals surface area (Å²) >= 11 is 0. The van der Waals surface area contributed by atoms with Crippen molar-refractivity contribution >= 4 is 0 Å². The van der Waals surface area contributed by atoms with Crippen LogP contribution in [0, 0.1) is 29.1 Å². The highest BCUT2D eigenvalue weighted by Crippen LogP contribution is 2.19. The Hall–Kier alpha value is -1.27. The SMILES string of the molecule is CC(C)C(CNCc1ccc(C#N)o1)C(C)C. The molecule has 0 atom stereocenters. The lowest BCUT2D eigenvalue weighted by molar-refractivity contribution is 0.272. The Kier molecular flexibility index (Phi) is 5.24. The molecule has 3 heteroatoms. The van der Waals surface area contributed by atoms with Crippen molar-refractivity contribution in [3.05, 3.63) is 23.7 Å². The van der Waals surface area contributed by atoms with Crippen LogP contribution in [0.3, 0.4) is 0 Å². The van der Waals surface area contributed by atoms with Gasteiger partial charge in [0.05, 0.1) is 6.54 Å². The number of rotatable bonds is 6. The fraction of sp³-hybridized carbons (Fsp3) is 0.643. The lowest BCUT2D eigenvalue weighted by Crippen LogP contribution is -2.29. The standard InChI is InChI=1S/C14H22N2O/c1-10(2)14(11(3)4)9-16-8-13-6-5-12(7-15)17-13/h5-6,10-11,14,16H,8-9H2,1-4H3. The van der Waals surface area contributed by atoms with Crippen LogP contribution in [0.5, 0.6) is 0 Å². The summed E-state index contributed by atoms with van der Waals surface area (Å²) < 4.78 is 5.31. The van der Waals surface area contributed by atoms with E-state index < -0.39 is 0 Å². The molecular weight excluding hydrogens is 212 g/mol. The third kappa shape index (κ3) is 4.24. The molecule has 17 heavy (non-hydrogen) atoms. The van der Waals surface area contributed by atoms with Gasteiger partial charge in [-0.3, -0.25) is 0 Å². The first-order valence-electron chi connectivity index (χ1n) is 6.24. The normalized spacial score (nSPS) is 11.4. The molecule has 0 radical (unpaired) electrons. The van der Waals surface area contributed by atoms with Gasteiger partial charge in [-0.15, -0.1) is 0 Å². The summed E-state index contributed by atoms with van der Waals surface area (Å²) in [6.45, 7) is 10.7. The van der Waals surface area contributed by atoms with Crippen LogP contribution in [0.4, 0.5) is 0 Å². The molecule has 3 nitrogen and oxygen atoms in total. The molecule has 0 spiro atoms. The molecule has 1 aromatic rings. The van der Waals surface area contributed by atoms with Gasteiger partial charge in [-0.1, -0.05) is 27.7 Å². The highest BCUT2D eigenvalue weighted by atomic mass is 16.3. The van der Waals surface area contributed by atoms with E-state index in [1.165, 1.54) is 0 Å². The van der Waals surface area contributed by atoms with Gasteiger partial charge in [-0.2, -0.15) is 5.26 Å². The van der Waals surface area contributed by atoms with Gasteiger partial charge in [0.15, 0.2) is 0 Å². The zero-order valence-electron chi connectivity index (χ0n) is 11.2. The lowest BCUT2D eigenvalue weighted by Gasteiger charge is -2.24. The fourth-order valence-corrected chi connectivity index (χ4v) is 2.14. The summed E-state index contributed by atoms with van der Waals surface area (Å²) in [7, 11) is 0. The molecule has 0 saturated heterocycles. The molecule has 1 N–H and O–H groups in total. The minimum Gasteiger partial charge on any atom is -0.449 e. The molecule has 1 aromatic heterocycles. The van der Waals surface area contributed by atoms with Crippen LogP contribution in [-0.4, -0.2) is 6.54 Å². The van der Waals surface area contributed by atoms with Gasteiger partial charge in [-0.25, -0.2) is 0 Å². The molecule has 0 amide bonds. The van der Waals surface area contributed by atoms with Crippen LogP contribution in [0.25, 0.3) is 0 Å². The van der Waals surface area contributed by atoms with Crippen molar-refractivity contribution in [2.45, 2.75) is 34.2 Å². The number of hydrogen-bond donors (Lipinski definition) is 1. The first-order valence-corrected chi connectivity index (χ1v) is 6.24. The minimum atomic E-state index is 0.381. The Bertz CT molecular complexity index is 366. The molecule has 0 saturated carbocycles. The van der Waals surface area contributed by atoms with Crippen LogP contribution < -0.4 is 5.32 Å². The van der Waals surface area contributed by atoms with E-state index in [1.54, 1.807) is 6.07 Å². The van der Waals surface area contributed by atoms with E-state index in [0.29, 0.717) is 30.1 Å². The molecule has 1 rings (SSSR count). The Labute approximate surface area is 104 Å². The monoisotopic (exact) mass is 234 g/mol. The van der Waals surface area contributed by atoms with Crippen LogP contribution in [0.2, 0.25) is 0 Å². The lowest BCUT2D eigenvalue weighted by atomic mass is 9.85. The van der Waals surface area contributed by atoms with E-state index in [-0.39, 0.29) is 0 Å². The number of nitriles is 1. The van der Waals surface area contributed by atoms with E-state index >= 15 is 0 Å². The molecule has 0 unspecified atom stereocenters. The maximum Gasteiger partial charge on any atom is 0.203 e. The molecule has 0 fully saturated rings. The smallest absolute Gasteiger partial charge is 0.203 e. The van der Waals surface area contributed by atoms with E-state index in [9.17, 15) is 0 Å². The van der Waals surface area contributed by atoms with Crippen molar-refractivity contribution in [1.82, 2.24) is 5.32 Å². The summed E-state index contributed by atoms with van der Waals surface area (Å²) in [5.74, 6) is 3.22. The summed E-state index contributed by atoms with van der Waals surface area (Å²) in [5, 5.41) is 12.0. The molecule has 0 bridgehead atoms. The summed E-state index contributed by atoms with van der Waals surface area (Å²) in [6, 6.07) is 5.55. The molecule has 94 valence electrons. The number of hydrogen-bond acceptors (Lipinski definition) is 3. The third-order valence-electron chi connectivity index (χ3n) is 3.16. The van der Waals surface area contributed by atoms with E-state index in [1.807, 2.05) is 12.1 Å². The zero-order chi connectivity index (χ0) is 12.8. The zero-order valence-corrected chi connectivity index (χ0v) is 11.2. The van der Waals surface area contributed by atoms with Crippen molar-refractivity contribution in [2.75, 3.05) is 6.54 Å². The van der Waals surface area contributed by atoms with E-state index in [0.717, 1.165) is 12.3 Å². The summed E-state index contributed by atoms with van der Waals surface area (Å²) in [4.78, 5) is 0. The number of nitrogens with one attached hydrogen (secondary N) is 1. The predicted molar refractivity (Wildman–Crippen MR) is 68.3 cm³/mol. The Morgan fingerprint density at radius 2 is 1.88 bits per heavy atom. The minimum absolute atomic E-state index is 0.381. The maximum atomic E-state index is 8.65. The summed E-state index contributed by atoms with van der Waals surface area (Å²) in [5.41, 5.74) is 0. The van der Waals surface area contributed by atoms with E-state index in [2.05, 4.69) is 33.0 Å². The van der Waals surface area contributed by atoms with Crippen LogP contribution in [0.15, 0.2) is 16.5 Å². The molecule has 1 heterocycles. The van der Waals surface area contributed by atoms with Gasteiger partial charge in [0.1, 0.15) is 11.8 Å². The topological polar surface area (TPSA) is 49.0 Å². The average Bonchev–Trinajstić information content (AvgIpc) is 2.71. The van der Waals surface area contributed by atoms with E-state index in [4.69, 9.17) is 9.68 Å². The first-order chi connectivity index (χ1) is 8.04. The fourth-order valence-electron chi connectivity index (χ4n) is 2.14. The van der Waals surface area contributed by atoms with Crippen LogP contribution >= 0.6 is 0 Å². The average molecular weight is 234 g/mol. The van der Waals surface area contributed by atoms with Crippen molar-refractivity contribution in [1.29, 1.82) is 5.26 Å². The highest BCUT2D eigenvalue weighted by Gasteiger charge is 2.16. The van der Waals surface area contributed by atoms with Gasteiger partial charge in [0, 0.05) is 0 Å². The molecular formula is C14H22N2O. The third-order valence-corrected chi connectivity index (χ3v) is 3.16. The van der Waals surface area contributed by atoms with Crippen molar-refractivity contribution in [3.63, 3.8) is 0 Å². The second kappa shape index (κ2) is 6.46. The maximum absolute atomic E-state index is 8.65. The largest absolute Gasteiger partial charge is 0.449 e. The van der Waals surface area contributed by atoms with Gasteiger partial charge in [-0.05, 0) is 36.4 Å². The van der Waals surface area contributed by atoms with Gasteiger partial charge in [0.25, 0.3) is 0 Å². The summed E-state index contributed by atoms with van der Waals surface area (Å²) in [6.07, 6.45) is 0. The predicted octanol–water partition coefficient (Wildman–Crippen LogP) is 3.17. The van der Waals surface area contributed by atoms with Crippen LogP contribution in [0.1, 0.15) is 39.2 Å². The van der Waals surface area contributed by atoms with Crippen molar-refractivity contribution in [2.24, 2.45) is 17.8 Å². The highest BCUT2D eigenvalue weighted by molar-refractivity contribution is 5.18. The number of furan rings is 1. The molecule has 0 aromatic carbocycles. The molecule has 0 aliphatic heterocycles. The number of nitrogens with zero attached hydrogens (tertiary/aromatic N) is 1. The van der Waals surface area contributed by atoms with Crippen molar-refractivity contribution in [3.8, 4) is 6.07 Å². The Morgan fingerprint density at radius 1 is 1.24 bits per heavy atom. The molecule has 0 aliphatic rings. The van der Waals surface area contributed by atoms with Gasteiger partial charge < -0.3 is 9.73 Å². The Morgan fingerprint density at radius 3 is 2.35 bits per heavy atom. The van der Waals surface area contributed by atoms with Crippen molar-refractivity contribution < 1.29 is 4.42 Å². The van der Waals surface area contributed by atoms with Gasteiger partial charge >= 0.3 is 0 Å². The molecule has 0 aliphatic carbocycles. The van der Waals surface area contributed by atoms with Gasteiger partial charge in [0.2, 0.25) is 5.76 Å². The first kappa shape index (κ1) is 13.8. The van der Waals surface area contributed by atoms with Crippen LogP contribution in [-0.2, 0) is 6.54 Å². The second-order valence-corrected chi connectivity index (χ2v) is 5.16.